The molecule has 2 rings (SSSR count). The highest BCUT2D eigenvalue weighted by Gasteiger charge is 2.03. The van der Waals surface area contributed by atoms with Crippen molar-refractivity contribution in [3.05, 3.63) is 53.7 Å². The van der Waals surface area contributed by atoms with Gasteiger partial charge in [0.1, 0.15) is 17.4 Å². The van der Waals surface area contributed by atoms with Crippen LogP contribution < -0.4 is 5.32 Å². The van der Waals surface area contributed by atoms with E-state index in [1.165, 1.54) is 18.5 Å². The van der Waals surface area contributed by atoms with Gasteiger partial charge in [0.15, 0.2) is 6.39 Å². The summed E-state index contributed by atoms with van der Waals surface area (Å²) >= 11 is 0. The normalized spacial score (nSPS) is 10.6. The SMILES string of the molecule is Fc1ccc(CNCc2cnco2)c(F)c1. The zero-order valence-corrected chi connectivity index (χ0v) is 8.41. The van der Waals surface area contributed by atoms with Crippen molar-refractivity contribution in [1.29, 1.82) is 0 Å². The summed E-state index contributed by atoms with van der Waals surface area (Å²) in [4.78, 5) is 3.75. The quantitative estimate of drug-likeness (QED) is 0.865. The van der Waals surface area contributed by atoms with E-state index in [4.69, 9.17) is 4.42 Å². The molecule has 0 aliphatic rings. The summed E-state index contributed by atoms with van der Waals surface area (Å²) in [5.74, 6) is -0.455. The molecule has 16 heavy (non-hydrogen) atoms. The summed E-state index contributed by atoms with van der Waals surface area (Å²) in [7, 11) is 0. The highest BCUT2D eigenvalue weighted by atomic mass is 19.1. The first-order chi connectivity index (χ1) is 7.75. The fourth-order valence-corrected chi connectivity index (χ4v) is 1.31. The van der Waals surface area contributed by atoms with Crippen molar-refractivity contribution < 1.29 is 13.2 Å². The smallest absolute Gasteiger partial charge is 0.180 e. The van der Waals surface area contributed by atoms with Crippen LogP contribution in [0.4, 0.5) is 8.78 Å². The van der Waals surface area contributed by atoms with E-state index in [0.29, 0.717) is 24.4 Å². The molecule has 0 saturated heterocycles. The number of nitrogens with one attached hydrogen (secondary N) is 1. The van der Waals surface area contributed by atoms with Gasteiger partial charge in [-0.15, -0.1) is 0 Å². The average Bonchev–Trinajstić information content (AvgIpc) is 2.74. The summed E-state index contributed by atoms with van der Waals surface area (Å²) in [5.41, 5.74) is 0.418. The van der Waals surface area contributed by atoms with Gasteiger partial charge in [0.05, 0.1) is 12.7 Å². The first-order valence-electron chi connectivity index (χ1n) is 4.78. The van der Waals surface area contributed by atoms with Crippen molar-refractivity contribution >= 4 is 0 Å². The summed E-state index contributed by atoms with van der Waals surface area (Å²) in [6.07, 6.45) is 2.91. The second kappa shape index (κ2) is 4.85. The molecule has 1 N–H and O–H groups in total. The molecule has 1 aromatic heterocycles. The van der Waals surface area contributed by atoms with Crippen LogP contribution in [-0.2, 0) is 13.1 Å². The number of hydrogen-bond acceptors (Lipinski definition) is 3. The molecule has 1 heterocycles. The van der Waals surface area contributed by atoms with Crippen molar-refractivity contribution in [2.45, 2.75) is 13.1 Å². The molecule has 0 fully saturated rings. The van der Waals surface area contributed by atoms with Gasteiger partial charge in [-0.25, -0.2) is 13.8 Å². The maximum absolute atomic E-state index is 13.2. The van der Waals surface area contributed by atoms with Crippen molar-refractivity contribution in [3.63, 3.8) is 0 Å². The highest BCUT2D eigenvalue weighted by molar-refractivity contribution is 5.18. The molecular weight excluding hydrogens is 214 g/mol. The molecule has 0 aliphatic heterocycles. The van der Waals surface area contributed by atoms with E-state index in [-0.39, 0.29) is 0 Å². The van der Waals surface area contributed by atoms with Crippen molar-refractivity contribution in [1.82, 2.24) is 10.3 Å². The molecule has 0 aliphatic carbocycles. The fraction of sp³-hybridized carbons (Fsp3) is 0.182. The zero-order chi connectivity index (χ0) is 11.4. The van der Waals surface area contributed by atoms with E-state index in [9.17, 15) is 8.78 Å². The molecule has 0 atom stereocenters. The Morgan fingerprint density at radius 1 is 1.25 bits per heavy atom. The molecule has 0 unspecified atom stereocenters. The van der Waals surface area contributed by atoms with Gasteiger partial charge >= 0.3 is 0 Å². The Labute approximate surface area is 91.1 Å². The van der Waals surface area contributed by atoms with E-state index < -0.39 is 11.6 Å². The molecule has 2 aromatic rings. The summed E-state index contributed by atoms with van der Waals surface area (Å²) < 4.78 is 30.8. The van der Waals surface area contributed by atoms with Gasteiger partial charge in [0, 0.05) is 18.2 Å². The van der Waals surface area contributed by atoms with Gasteiger partial charge in [-0.2, -0.15) is 0 Å². The lowest BCUT2D eigenvalue weighted by Gasteiger charge is -2.04. The van der Waals surface area contributed by atoms with Gasteiger partial charge in [-0.3, -0.25) is 0 Å². The first-order valence-corrected chi connectivity index (χ1v) is 4.78. The lowest BCUT2D eigenvalue weighted by Crippen LogP contribution is -2.13. The first kappa shape index (κ1) is 10.8. The van der Waals surface area contributed by atoms with Crippen LogP contribution >= 0.6 is 0 Å². The molecule has 1 aromatic carbocycles. The minimum atomic E-state index is -0.573. The maximum Gasteiger partial charge on any atom is 0.180 e. The van der Waals surface area contributed by atoms with Crippen LogP contribution in [0.1, 0.15) is 11.3 Å². The van der Waals surface area contributed by atoms with Gasteiger partial charge < -0.3 is 9.73 Å². The van der Waals surface area contributed by atoms with Gasteiger partial charge in [0.25, 0.3) is 0 Å². The topological polar surface area (TPSA) is 38.1 Å². The molecule has 0 amide bonds. The number of aromatic nitrogens is 1. The number of benzene rings is 1. The average molecular weight is 224 g/mol. The van der Waals surface area contributed by atoms with Gasteiger partial charge in [0.2, 0.25) is 0 Å². The van der Waals surface area contributed by atoms with Crippen LogP contribution in [0.3, 0.4) is 0 Å². The molecule has 0 saturated carbocycles. The van der Waals surface area contributed by atoms with Crippen LogP contribution in [0.5, 0.6) is 0 Å². The third kappa shape index (κ3) is 2.64. The third-order valence-corrected chi connectivity index (χ3v) is 2.11. The number of hydrogen-bond donors (Lipinski definition) is 1. The van der Waals surface area contributed by atoms with Crippen LogP contribution in [-0.4, -0.2) is 4.98 Å². The third-order valence-electron chi connectivity index (χ3n) is 2.11. The van der Waals surface area contributed by atoms with E-state index in [0.717, 1.165) is 6.07 Å². The second-order valence-corrected chi connectivity index (χ2v) is 3.31. The highest BCUT2D eigenvalue weighted by Crippen LogP contribution is 2.09. The molecule has 3 nitrogen and oxygen atoms in total. The lowest BCUT2D eigenvalue weighted by atomic mass is 10.2. The van der Waals surface area contributed by atoms with Gasteiger partial charge in [-0.1, -0.05) is 6.07 Å². The predicted molar refractivity (Wildman–Crippen MR) is 53.4 cm³/mol. The zero-order valence-electron chi connectivity index (χ0n) is 8.41. The number of nitrogens with zero attached hydrogens (tertiary/aromatic N) is 1. The van der Waals surface area contributed by atoms with Crippen LogP contribution in [0, 0.1) is 11.6 Å². The van der Waals surface area contributed by atoms with Crippen LogP contribution in [0.2, 0.25) is 0 Å². The minimum Gasteiger partial charge on any atom is -0.447 e. The van der Waals surface area contributed by atoms with Crippen LogP contribution in [0.15, 0.2) is 35.2 Å². The van der Waals surface area contributed by atoms with Crippen molar-refractivity contribution in [2.24, 2.45) is 0 Å². The molecule has 0 spiro atoms. The Bertz CT molecular complexity index is 457. The monoisotopic (exact) mass is 224 g/mol. The predicted octanol–water partition coefficient (Wildman–Crippen LogP) is 2.24. The Kier molecular flexibility index (Phi) is 3.26. The Morgan fingerprint density at radius 3 is 2.81 bits per heavy atom. The molecule has 5 heteroatoms. The van der Waals surface area contributed by atoms with E-state index in [1.807, 2.05) is 0 Å². The van der Waals surface area contributed by atoms with Crippen molar-refractivity contribution in [3.8, 4) is 0 Å². The Balaban J connectivity index is 1.90. The number of rotatable bonds is 4. The number of halogens is 2. The minimum absolute atomic E-state index is 0.312. The summed E-state index contributed by atoms with van der Waals surface area (Å²) in [5, 5.41) is 2.97. The summed E-state index contributed by atoms with van der Waals surface area (Å²) in [6, 6.07) is 3.51. The van der Waals surface area contributed by atoms with E-state index >= 15 is 0 Å². The largest absolute Gasteiger partial charge is 0.447 e. The van der Waals surface area contributed by atoms with Crippen molar-refractivity contribution in [2.75, 3.05) is 0 Å². The lowest BCUT2D eigenvalue weighted by molar-refractivity contribution is 0.475. The molecule has 0 bridgehead atoms. The Morgan fingerprint density at radius 2 is 2.12 bits per heavy atom. The molecule has 0 radical (unpaired) electrons. The Hall–Kier alpha value is -1.75. The second-order valence-electron chi connectivity index (χ2n) is 3.31. The maximum atomic E-state index is 13.2. The van der Waals surface area contributed by atoms with Crippen LogP contribution in [0.25, 0.3) is 0 Å². The molecular formula is C11H10F2N2O. The van der Waals surface area contributed by atoms with E-state index in [1.54, 1.807) is 6.20 Å². The van der Waals surface area contributed by atoms with E-state index in [2.05, 4.69) is 10.3 Å². The fourth-order valence-electron chi connectivity index (χ4n) is 1.31. The molecule has 84 valence electrons. The number of oxazole rings is 1. The standard InChI is InChI=1S/C11H10F2N2O/c12-9-2-1-8(11(13)3-9)4-14-5-10-6-15-7-16-10/h1-3,6-7,14H,4-5H2. The van der Waals surface area contributed by atoms with Gasteiger partial charge in [-0.05, 0) is 6.07 Å². The summed E-state index contributed by atoms with van der Waals surface area (Å²) in [6.45, 7) is 0.767.